The zero-order valence-corrected chi connectivity index (χ0v) is 23.5. The number of halogens is 1. The first-order valence-electron chi connectivity index (χ1n) is 12.7. The first kappa shape index (κ1) is 34.1. The summed E-state index contributed by atoms with van der Waals surface area (Å²) in [7, 11) is 0. The summed E-state index contributed by atoms with van der Waals surface area (Å²) < 4.78 is 0. The fraction of sp³-hybridized carbons (Fsp3) is 0.571. The smallest absolute Gasteiger partial charge is 0.306 e. The van der Waals surface area contributed by atoms with E-state index in [1.54, 1.807) is 6.92 Å². The molecule has 2 aromatic rings. The molecule has 2 atom stereocenters. The standard InChI is InChI=1S/C19H26ClN3.C5H10O2.2C2H6/c1-4-12-23(5-2)13-6-7-15(3)22-18-10-11-21-19-14-16(20)8-9-17(18)19;1-3-4(2)5(6)7;2*1-2/h4,8-11,14-15H,1,5-7,12-13H2,2-3H3,(H,21,22);4H,3H2,1-2H3,(H,6,7);2*1-2H3. The van der Waals surface area contributed by atoms with Gasteiger partial charge in [0.2, 0.25) is 0 Å². The van der Waals surface area contributed by atoms with Gasteiger partial charge in [-0.05, 0) is 63.5 Å². The van der Waals surface area contributed by atoms with Gasteiger partial charge in [0, 0.05) is 34.9 Å². The molecule has 1 aromatic heterocycles. The average Bonchev–Trinajstić information content (AvgIpc) is 2.85. The van der Waals surface area contributed by atoms with E-state index in [-0.39, 0.29) is 5.92 Å². The molecule has 0 bridgehead atoms. The molecule has 2 unspecified atom stereocenters. The van der Waals surface area contributed by atoms with Crippen LogP contribution in [0.2, 0.25) is 5.02 Å². The molecular formula is C28H48ClN3O2. The van der Waals surface area contributed by atoms with Gasteiger partial charge in [-0.3, -0.25) is 14.7 Å². The van der Waals surface area contributed by atoms with E-state index in [0.717, 1.165) is 54.1 Å². The van der Waals surface area contributed by atoms with Crippen molar-refractivity contribution < 1.29 is 9.90 Å². The number of pyridine rings is 1. The van der Waals surface area contributed by atoms with E-state index < -0.39 is 5.97 Å². The highest BCUT2D eigenvalue weighted by molar-refractivity contribution is 6.31. The van der Waals surface area contributed by atoms with E-state index in [4.69, 9.17) is 16.7 Å². The molecule has 1 heterocycles. The Labute approximate surface area is 213 Å². The number of fused-ring (bicyclic) bond motifs is 1. The Bertz CT molecular complexity index is 798. The van der Waals surface area contributed by atoms with Crippen LogP contribution < -0.4 is 5.32 Å². The molecule has 0 aliphatic carbocycles. The zero-order valence-electron chi connectivity index (χ0n) is 22.7. The van der Waals surface area contributed by atoms with E-state index in [0.29, 0.717) is 6.04 Å². The van der Waals surface area contributed by atoms with Crippen molar-refractivity contribution in [2.24, 2.45) is 5.92 Å². The quantitative estimate of drug-likeness (QED) is 0.309. The molecule has 6 heteroatoms. The first-order chi connectivity index (χ1) is 16.3. The largest absolute Gasteiger partial charge is 0.481 e. The molecule has 0 spiro atoms. The molecule has 2 rings (SSSR count). The fourth-order valence-corrected chi connectivity index (χ4v) is 3.11. The van der Waals surface area contributed by atoms with Gasteiger partial charge in [0.1, 0.15) is 0 Å². The van der Waals surface area contributed by atoms with Crippen LogP contribution in [0, 0.1) is 5.92 Å². The van der Waals surface area contributed by atoms with Gasteiger partial charge in [0.15, 0.2) is 0 Å². The van der Waals surface area contributed by atoms with Crippen molar-refractivity contribution in [3.63, 3.8) is 0 Å². The van der Waals surface area contributed by atoms with E-state index in [1.807, 2.05) is 71.2 Å². The van der Waals surface area contributed by atoms with E-state index in [1.165, 1.54) is 6.42 Å². The number of likely N-dealkylation sites (N-methyl/N-ethyl adjacent to an activating group) is 1. The van der Waals surface area contributed by atoms with Crippen LogP contribution in [-0.4, -0.2) is 46.6 Å². The van der Waals surface area contributed by atoms with Crippen LogP contribution in [-0.2, 0) is 4.79 Å². The zero-order chi connectivity index (χ0) is 26.5. The Balaban J connectivity index is 0. The summed E-state index contributed by atoms with van der Waals surface area (Å²) in [5.41, 5.74) is 2.05. The van der Waals surface area contributed by atoms with Gasteiger partial charge < -0.3 is 10.4 Å². The lowest BCUT2D eigenvalue weighted by atomic mass is 10.1. The predicted octanol–water partition coefficient (Wildman–Crippen LogP) is 8.15. The third-order valence-electron chi connectivity index (χ3n) is 5.09. The third-order valence-corrected chi connectivity index (χ3v) is 5.32. The molecule has 0 amide bonds. The Kier molecular flexibility index (Phi) is 21.5. The average molecular weight is 494 g/mol. The normalized spacial score (nSPS) is 11.6. The Hall–Kier alpha value is -2.11. The number of nitrogens with one attached hydrogen (secondary N) is 1. The minimum Gasteiger partial charge on any atom is -0.481 e. The molecule has 34 heavy (non-hydrogen) atoms. The highest BCUT2D eigenvalue weighted by Gasteiger charge is 2.08. The topological polar surface area (TPSA) is 65.5 Å². The summed E-state index contributed by atoms with van der Waals surface area (Å²) in [6.45, 7) is 22.9. The van der Waals surface area contributed by atoms with Gasteiger partial charge in [0.25, 0.3) is 0 Å². The number of hydrogen-bond acceptors (Lipinski definition) is 4. The maximum atomic E-state index is 9.93. The van der Waals surface area contributed by atoms with Gasteiger partial charge in [-0.2, -0.15) is 0 Å². The molecule has 0 radical (unpaired) electrons. The Morgan fingerprint density at radius 3 is 2.35 bits per heavy atom. The molecule has 0 aliphatic heterocycles. The van der Waals surface area contributed by atoms with Gasteiger partial charge in [0.05, 0.1) is 11.4 Å². The van der Waals surface area contributed by atoms with Crippen molar-refractivity contribution in [3.05, 3.63) is 48.1 Å². The van der Waals surface area contributed by atoms with Crippen molar-refractivity contribution in [2.75, 3.05) is 25.0 Å². The summed E-state index contributed by atoms with van der Waals surface area (Å²) in [6, 6.07) is 8.29. The van der Waals surface area contributed by atoms with Crippen molar-refractivity contribution in [1.82, 2.24) is 9.88 Å². The van der Waals surface area contributed by atoms with Crippen LogP contribution in [0.3, 0.4) is 0 Å². The van der Waals surface area contributed by atoms with Crippen molar-refractivity contribution in [2.45, 2.75) is 80.7 Å². The Morgan fingerprint density at radius 1 is 1.21 bits per heavy atom. The van der Waals surface area contributed by atoms with E-state index >= 15 is 0 Å². The van der Waals surface area contributed by atoms with E-state index in [9.17, 15) is 4.79 Å². The minimum atomic E-state index is -0.706. The maximum absolute atomic E-state index is 9.93. The monoisotopic (exact) mass is 493 g/mol. The highest BCUT2D eigenvalue weighted by Crippen LogP contribution is 2.25. The second-order valence-electron chi connectivity index (χ2n) is 7.54. The summed E-state index contributed by atoms with van der Waals surface area (Å²) >= 11 is 6.04. The molecule has 0 saturated heterocycles. The SMILES string of the molecule is C=CCN(CC)CCCC(C)Nc1ccnc2cc(Cl)ccc12.CC.CC.CCC(C)C(=O)O. The second kappa shape index (κ2) is 21.4. The lowest BCUT2D eigenvalue weighted by Gasteiger charge is -2.21. The molecule has 2 N–H and O–H groups in total. The number of benzene rings is 1. The third kappa shape index (κ3) is 14.2. The number of nitrogens with zero attached hydrogens (tertiary/aromatic N) is 2. The van der Waals surface area contributed by atoms with Gasteiger partial charge in [-0.15, -0.1) is 6.58 Å². The van der Waals surface area contributed by atoms with Crippen LogP contribution in [0.25, 0.3) is 10.9 Å². The number of rotatable bonds is 11. The lowest BCUT2D eigenvalue weighted by Crippen LogP contribution is -2.26. The number of anilines is 1. The number of carboxylic acids is 1. The number of carbonyl (C=O) groups is 1. The fourth-order valence-electron chi connectivity index (χ4n) is 2.94. The predicted molar refractivity (Wildman–Crippen MR) is 151 cm³/mol. The van der Waals surface area contributed by atoms with Crippen LogP contribution in [0.5, 0.6) is 0 Å². The molecule has 0 saturated carbocycles. The van der Waals surface area contributed by atoms with Crippen LogP contribution >= 0.6 is 11.6 Å². The van der Waals surface area contributed by atoms with E-state index in [2.05, 4.69) is 35.6 Å². The maximum Gasteiger partial charge on any atom is 0.306 e. The molecule has 194 valence electrons. The van der Waals surface area contributed by atoms with Gasteiger partial charge >= 0.3 is 5.97 Å². The Morgan fingerprint density at radius 2 is 1.85 bits per heavy atom. The van der Waals surface area contributed by atoms with Crippen molar-refractivity contribution in [3.8, 4) is 0 Å². The summed E-state index contributed by atoms with van der Waals surface area (Å²) in [6.07, 6.45) is 6.82. The number of aliphatic carboxylic acids is 1. The van der Waals surface area contributed by atoms with Crippen LogP contribution in [0.1, 0.15) is 74.7 Å². The molecule has 0 aliphatic rings. The van der Waals surface area contributed by atoms with Crippen molar-refractivity contribution in [1.29, 1.82) is 0 Å². The molecule has 1 aromatic carbocycles. The highest BCUT2D eigenvalue weighted by atomic mass is 35.5. The summed E-state index contributed by atoms with van der Waals surface area (Å²) in [5, 5.41) is 13.6. The summed E-state index contributed by atoms with van der Waals surface area (Å²) in [5.74, 6) is -0.887. The number of aromatic nitrogens is 1. The van der Waals surface area contributed by atoms with Gasteiger partial charge in [-0.1, -0.05) is 66.1 Å². The van der Waals surface area contributed by atoms with Crippen molar-refractivity contribution >= 4 is 34.2 Å². The number of hydrogen-bond donors (Lipinski definition) is 2. The minimum absolute atomic E-state index is 0.181. The van der Waals surface area contributed by atoms with Gasteiger partial charge in [-0.25, -0.2) is 0 Å². The first-order valence-corrected chi connectivity index (χ1v) is 13.1. The number of carboxylic acid groups (broad SMARTS) is 1. The van der Waals surface area contributed by atoms with Crippen LogP contribution in [0.4, 0.5) is 5.69 Å². The second-order valence-corrected chi connectivity index (χ2v) is 7.97. The van der Waals surface area contributed by atoms with Crippen LogP contribution in [0.15, 0.2) is 43.1 Å². The lowest BCUT2D eigenvalue weighted by molar-refractivity contribution is -0.141. The molecule has 5 nitrogen and oxygen atoms in total. The molecule has 0 fully saturated rings. The summed E-state index contributed by atoms with van der Waals surface area (Å²) in [4.78, 5) is 16.7. The molecular weight excluding hydrogens is 446 g/mol.